The quantitative estimate of drug-likeness (QED) is 0.653. The first kappa shape index (κ1) is 17.5. The maximum atomic E-state index is 14.5. The summed E-state index contributed by atoms with van der Waals surface area (Å²) in [6.07, 6.45) is 2.40. The third-order valence-corrected chi connectivity index (χ3v) is 7.09. The van der Waals surface area contributed by atoms with Gasteiger partial charge in [-0.25, -0.2) is 13.6 Å². The van der Waals surface area contributed by atoms with Gasteiger partial charge in [-0.15, -0.1) is 11.3 Å². The molecule has 130 valence electrons. The summed E-state index contributed by atoms with van der Waals surface area (Å²) in [6, 6.07) is 4.90. The van der Waals surface area contributed by atoms with Crippen molar-refractivity contribution in [3.63, 3.8) is 0 Å². The van der Waals surface area contributed by atoms with Gasteiger partial charge in [0.05, 0.1) is 30.3 Å². The number of anilines is 2. The topological polar surface area (TPSA) is 62.2 Å². The Balaban J connectivity index is 2.11. The number of carboxylic acid groups (broad SMARTS) is 1. The van der Waals surface area contributed by atoms with Crippen LogP contribution >= 0.6 is 11.3 Å². The minimum absolute atomic E-state index is 0.0874. The second-order valence-corrected chi connectivity index (χ2v) is 12.8. The van der Waals surface area contributed by atoms with Gasteiger partial charge in [-0.05, 0) is 12.1 Å². The molecule has 2 aromatic heterocycles. The molecule has 0 fully saturated rings. The number of thiophene rings is 1. The van der Waals surface area contributed by atoms with Gasteiger partial charge >= 0.3 is 5.97 Å². The van der Waals surface area contributed by atoms with Crippen molar-refractivity contribution in [2.45, 2.75) is 19.6 Å². The average Bonchev–Trinajstić information content (AvgIpc) is 2.89. The molecule has 0 amide bonds. The van der Waals surface area contributed by atoms with E-state index in [4.69, 9.17) is 0 Å². The number of aromatic carboxylic acids is 1. The first-order valence-electron chi connectivity index (χ1n) is 7.55. The number of halogens is 2. The van der Waals surface area contributed by atoms with E-state index in [1.54, 1.807) is 6.07 Å². The Hall–Kier alpha value is -2.32. The number of hydrogen-bond acceptors (Lipinski definition) is 4. The summed E-state index contributed by atoms with van der Waals surface area (Å²) in [6.45, 7) is 6.33. The molecule has 2 N–H and O–H groups in total. The van der Waals surface area contributed by atoms with Crippen LogP contribution < -0.4 is 10.5 Å². The molecule has 3 rings (SSSR count). The highest BCUT2D eigenvalue weighted by atomic mass is 32.1. The van der Waals surface area contributed by atoms with Gasteiger partial charge in [0.1, 0.15) is 10.7 Å². The number of aromatic nitrogens is 1. The molecule has 0 radical (unpaired) electrons. The summed E-state index contributed by atoms with van der Waals surface area (Å²) >= 11 is 0.799. The molecule has 3 aromatic rings. The zero-order chi connectivity index (χ0) is 18.4. The van der Waals surface area contributed by atoms with Gasteiger partial charge < -0.3 is 10.4 Å². The van der Waals surface area contributed by atoms with Gasteiger partial charge in [0, 0.05) is 11.6 Å². The molecule has 8 heteroatoms. The zero-order valence-corrected chi connectivity index (χ0v) is 15.7. The predicted molar refractivity (Wildman–Crippen MR) is 99.2 cm³/mol. The molecule has 1 aromatic carbocycles. The van der Waals surface area contributed by atoms with Gasteiger partial charge in [0.15, 0.2) is 5.82 Å². The molecule has 0 spiro atoms. The average molecular weight is 378 g/mol. The molecule has 4 nitrogen and oxygen atoms in total. The molecule has 0 saturated heterocycles. The van der Waals surface area contributed by atoms with Crippen molar-refractivity contribution in [2.24, 2.45) is 0 Å². The summed E-state index contributed by atoms with van der Waals surface area (Å²) < 4.78 is 28.6. The Labute approximate surface area is 148 Å². The van der Waals surface area contributed by atoms with Gasteiger partial charge in [-0.2, -0.15) is 0 Å². The lowest BCUT2D eigenvalue weighted by atomic mass is 10.2. The summed E-state index contributed by atoms with van der Waals surface area (Å²) in [7, 11) is -1.67. The number of nitrogens with one attached hydrogen (secondary N) is 1. The van der Waals surface area contributed by atoms with Crippen LogP contribution in [0, 0.1) is 11.6 Å². The minimum Gasteiger partial charge on any atom is -0.477 e. The molecule has 0 bridgehead atoms. The molecular formula is C17H16F2N2O2SSi. The molecule has 25 heavy (non-hydrogen) atoms. The van der Waals surface area contributed by atoms with E-state index >= 15 is 0 Å². The van der Waals surface area contributed by atoms with Crippen LogP contribution in [0.15, 0.2) is 30.6 Å². The Bertz CT molecular complexity index is 983. The number of carboxylic acids is 1. The first-order valence-corrected chi connectivity index (χ1v) is 11.9. The minimum atomic E-state index is -1.67. The van der Waals surface area contributed by atoms with Crippen LogP contribution in [-0.4, -0.2) is 24.1 Å². The van der Waals surface area contributed by atoms with E-state index in [-0.39, 0.29) is 21.0 Å². The van der Waals surface area contributed by atoms with Crippen LogP contribution in [0.3, 0.4) is 0 Å². The number of benzene rings is 1. The van der Waals surface area contributed by atoms with Gasteiger partial charge in [0.2, 0.25) is 0 Å². The maximum absolute atomic E-state index is 14.5. The number of rotatable bonds is 4. The Morgan fingerprint density at radius 2 is 1.92 bits per heavy atom. The lowest BCUT2D eigenvalue weighted by molar-refractivity contribution is 0.0703. The third kappa shape index (κ3) is 3.27. The first-order chi connectivity index (χ1) is 11.7. The predicted octanol–water partition coefficient (Wildman–Crippen LogP) is 4.56. The van der Waals surface area contributed by atoms with E-state index in [2.05, 4.69) is 29.9 Å². The summed E-state index contributed by atoms with van der Waals surface area (Å²) in [4.78, 5) is 15.2. The second kappa shape index (κ2) is 6.20. The standard InChI is InChI=1S/C17H16F2N2O2SSi/c1-25(2,3)9-4-5-13(11(18)6-9)21-14-10-7-20-8-12(19)15(10)24-16(14)17(22)23/h4-8,21H,1-3H3,(H,22,23). The van der Waals surface area contributed by atoms with Crippen molar-refractivity contribution < 1.29 is 18.7 Å². The molecular weight excluding hydrogens is 362 g/mol. The maximum Gasteiger partial charge on any atom is 0.348 e. The van der Waals surface area contributed by atoms with E-state index in [1.807, 2.05) is 6.07 Å². The van der Waals surface area contributed by atoms with E-state index in [0.717, 1.165) is 22.7 Å². The van der Waals surface area contributed by atoms with Crippen molar-refractivity contribution in [3.05, 3.63) is 47.1 Å². The van der Waals surface area contributed by atoms with Crippen LogP contribution in [0.2, 0.25) is 19.6 Å². The normalized spacial score (nSPS) is 11.7. The van der Waals surface area contributed by atoms with E-state index in [9.17, 15) is 18.7 Å². The SMILES string of the molecule is C[Si](C)(C)c1ccc(Nc2c(C(=O)O)sc3c(F)cncc23)c(F)c1. The molecule has 0 unspecified atom stereocenters. The molecule has 2 heterocycles. The van der Waals surface area contributed by atoms with Crippen LogP contribution in [0.5, 0.6) is 0 Å². The molecule has 0 aliphatic rings. The number of hydrogen-bond donors (Lipinski definition) is 2. The monoisotopic (exact) mass is 378 g/mol. The van der Waals surface area contributed by atoms with Crippen LogP contribution in [0.1, 0.15) is 9.67 Å². The van der Waals surface area contributed by atoms with Gasteiger partial charge in [0.25, 0.3) is 0 Å². The molecule has 0 atom stereocenters. The van der Waals surface area contributed by atoms with E-state index < -0.39 is 25.7 Å². The smallest absolute Gasteiger partial charge is 0.348 e. The summed E-state index contributed by atoms with van der Waals surface area (Å²) in [5.41, 5.74) is 0.299. The van der Waals surface area contributed by atoms with Crippen molar-refractivity contribution in [3.8, 4) is 0 Å². The number of carbonyl (C=O) groups is 1. The van der Waals surface area contributed by atoms with Gasteiger partial charge in [-0.3, -0.25) is 4.98 Å². The van der Waals surface area contributed by atoms with Crippen molar-refractivity contribution in [1.82, 2.24) is 4.98 Å². The summed E-state index contributed by atoms with van der Waals surface area (Å²) in [5, 5.41) is 13.5. The zero-order valence-electron chi connectivity index (χ0n) is 13.9. The van der Waals surface area contributed by atoms with Crippen LogP contribution in [0.4, 0.5) is 20.2 Å². The third-order valence-electron chi connectivity index (χ3n) is 3.84. The fourth-order valence-corrected chi connectivity index (χ4v) is 4.59. The van der Waals surface area contributed by atoms with Crippen molar-refractivity contribution >= 4 is 52.0 Å². The second-order valence-electron chi connectivity index (χ2n) is 6.68. The van der Waals surface area contributed by atoms with Crippen molar-refractivity contribution in [2.75, 3.05) is 5.32 Å². The number of nitrogens with zero attached hydrogens (tertiary/aromatic N) is 1. The largest absolute Gasteiger partial charge is 0.477 e. The molecule has 0 saturated carbocycles. The molecule has 0 aliphatic carbocycles. The molecule has 0 aliphatic heterocycles. The fraction of sp³-hybridized carbons (Fsp3) is 0.176. The Morgan fingerprint density at radius 3 is 2.52 bits per heavy atom. The van der Waals surface area contributed by atoms with Crippen molar-refractivity contribution in [1.29, 1.82) is 0 Å². The highest BCUT2D eigenvalue weighted by Crippen LogP contribution is 2.38. The highest BCUT2D eigenvalue weighted by Gasteiger charge is 2.22. The highest BCUT2D eigenvalue weighted by molar-refractivity contribution is 7.21. The number of pyridine rings is 1. The fourth-order valence-electron chi connectivity index (χ4n) is 2.47. The Morgan fingerprint density at radius 1 is 1.20 bits per heavy atom. The number of fused-ring (bicyclic) bond motifs is 1. The lowest BCUT2D eigenvalue weighted by Crippen LogP contribution is -2.37. The lowest BCUT2D eigenvalue weighted by Gasteiger charge is -2.18. The van der Waals surface area contributed by atoms with E-state index in [0.29, 0.717) is 5.39 Å². The van der Waals surface area contributed by atoms with Crippen LogP contribution in [0.25, 0.3) is 10.1 Å². The van der Waals surface area contributed by atoms with Crippen LogP contribution in [-0.2, 0) is 0 Å². The van der Waals surface area contributed by atoms with Gasteiger partial charge in [-0.1, -0.05) is 30.9 Å². The van der Waals surface area contributed by atoms with E-state index in [1.165, 1.54) is 12.3 Å². The Kier molecular flexibility index (Phi) is 4.34. The summed E-state index contributed by atoms with van der Waals surface area (Å²) in [5.74, 6) is -2.28.